The summed E-state index contributed by atoms with van der Waals surface area (Å²) in [5.74, 6) is 1.17. The highest BCUT2D eigenvalue weighted by Crippen LogP contribution is 2.24. The van der Waals surface area contributed by atoms with Crippen LogP contribution < -0.4 is 5.32 Å². The van der Waals surface area contributed by atoms with Crippen LogP contribution >= 0.6 is 0 Å². The molecule has 1 fully saturated rings. The first-order valence-corrected chi connectivity index (χ1v) is 7.65. The fraction of sp³-hybridized carbons (Fsp3) is 1.00. The van der Waals surface area contributed by atoms with Crippen LogP contribution in [0.15, 0.2) is 0 Å². The first kappa shape index (κ1) is 13.9. The third kappa shape index (κ3) is 3.71. The highest BCUT2D eigenvalue weighted by molar-refractivity contribution is 7.89. The van der Waals surface area contributed by atoms with Gasteiger partial charge in [0.2, 0.25) is 10.0 Å². The molecule has 16 heavy (non-hydrogen) atoms. The summed E-state index contributed by atoms with van der Waals surface area (Å²) < 4.78 is 25.6. The Kier molecular flexibility index (Phi) is 4.76. The van der Waals surface area contributed by atoms with E-state index in [9.17, 15) is 8.42 Å². The summed E-state index contributed by atoms with van der Waals surface area (Å²) in [5.41, 5.74) is 0. The van der Waals surface area contributed by atoms with Crippen LogP contribution in [0, 0.1) is 11.8 Å². The van der Waals surface area contributed by atoms with Crippen molar-refractivity contribution in [2.24, 2.45) is 11.8 Å². The van der Waals surface area contributed by atoms with Crippen molar-refractivity contribution in [1.29, 1.82) is 0 Å². The average Bonchev–Trinajstić information content (AvgIpc) is 2.46. The SMILES string of the molecule is CC(C)NCCS(=O)(=O)N1CC(C)C(C)C1. The molecule has 1 aliphatic heterocycles. The Morgan fingerprint density at radius 3 is 2.19 bits per heavy atom. The first-order valence-electron chi connectivity index (χ1n) is 6.04. The van der Waals surface area contributed by atoms with Crippen molar-refractivity contribution in [3.05, 3.63) is 0 Å². The molecule has 0 amide bonds. The first-order chi connectivity index (χ1) is 7.33. The van der Waals surface area contributed by atoms with Gasteiger partial charge in [-0.3, -0.25) is 0 Å². The van der Waals surface area contributed by atoms with E-state index in [2.05, 4.69) is 19.2 Å². The standard InChI is InChI=1S/C11H24N2O2S/c1-9(2)12-5-6-16(14,15)13-7-10(3)11(4)8-13/h9-12H,5-8H2,1-4H3. The van der Waals surface area contributed by atoms with Crippen molar-refractivity contribution in [2.75, 3.05) is 25.4 Å². The Bertz CT molecular complexity index is 304. The molecule has 1 N–H and O–H groups in total. The zero-order chi connectivity index (χ0) is 12.3. The van der Waals surface area contributed by atoms with E-state index in [0.29, 0.717) is 37.5 Å². The molecule has 1 aliphatic rings. The third-order valence-electron chi connectivity index (χ3n) is 3.26. The lowest BCUT2D eigenvalue weighted by molar-refractivity contribution is 0.460. The monoisotopic (exact) mass is 248 g/mol. The predicted molar refractivity (Wildman–Crippen MR) is 66.8 cm³/mol. The molecule has 0 spiro atoms. The van der Waals surface area contributed by atoms with Gasteiger partial charge in [0.25, 0.3) is 0 Å². The van der Waals surface area contributed by atoms with E-state index in [-0.39, 0.29) is 5.75 Å². The lowest BCUT2D eigenvalue weighted by Crippen LogP contribution is -2.36. The molecule has 0 aromatic carbocycles. The van der Waals surface area contributed by atoms with Crippen molar-refractivity contribution in [1.82, 2.24) is 9.62 Å². The van der Waals surface area contributed by atoms with Gasteiger partial charge in [0.1, 0.15) is 0 Å². The summed E-state index contributed by atoms with van der Waals surface area (Å²) in [6, 6.07) is 0.339. The number of hydrogen-bond acceptors (Lipinski definition) is 3. The van der Waals surface area contributed by atoms with E-state index in [0.717, 1.165) is 0 Å². The quantitative estimate of drug-likeness (QED) is 0.786. The highest BCUT2D eigenvalue weighted by Gasteiger charge is 2.33. The Hall–Kier alpha value is -0.130. The van der Waals surface area contributed by atoms with E-state index in [4.69, 9.17) is 0 Å². The molecule has 96 valence electrons. The minimum absolute atomic E-state index is 0.213. The van der Waals surface area contributed by atoms with Gasteiger partial charge in [-0.25, -0.2) is 12.7 Å². The van der Waals surface area contributed by atoms with Crippen LogP contribution in [0.5, 0.6) is 0 Å². The number of nitrogens with one attached hydrogen (secondary N) is 1. The second kappa shape index (κ2) is 5.47. The van der Waals surface area contributed by atoms with Gasteiger partial charge in [0, 0.05) is 25.7 Å². The number of nitrogens with zero attached hydrogens (tertiary/aromatic N) is 1. The maximum Gasteiger partial charge on any atom is 0.215 e. The summed E-state index contributed by atoms with van der Waals surface area (Å²) in [4.78, 5) is 0. The van der Waals surface area contributed by atoms with E-state index in [1.54, 1.807) is 4.31 Å². The molecule has 0 aromatic rings. The van der Waals surface area contributed by atoms with E-state index in [1.165, 1.54) is 0 Å². The second-order valence-electron chi connectivity index (χ2n) is 5.20. The minimum Gasteiger partial charge on any atom is -0.313 e. The molecular weight excluding hydrogens is 224 g/mol. The topological polar surface area (TPSA) is 49.4 Å². The molecule has 1 rings (SSSR count). The van der Waals surface area contributed by atoms with Gasteiger partial charge in [0.15, 0.2) is 0 Å². The van der Waals surface area contributed by atoms with Gasteiger partial charge in [0.05, 0.1) is 5.75 Å². The Morgan fingerprint density at radius 1 is 1.25 bits per heavy atom. The fourth-order valence-corrected chi connectivity index (χ4v) is 3.47. The van der Waals surface area contributed by atoms with Gasteiger partial charge >= 0.3 is 0 Å². The predicted octanol–water partition coefficient (Wildman–Crippen LogP) is 0.902. The summed E-state index contributed by atoms with van der Waals surface area (Å²) in [6.45, 7) is 10.2. The highest BCUT2D eigenvalue weighted by atomic mass is 32.2. The van der Waals surface area contributed by atoms with Crippen LogP contribution in [0.1, 0.15) is 27.7 Å². The molecule has 1 heterocycles. The van der Waals surface area contributed by atoms with Gasteiger partial charge in [-0.15, -0.1) is 0 Å². The average molecular weight is 248 g/mol. The lowest BCUT2D eigenvalue weighted by Gasteiger charge is -2.17. The van der Waals surface area contributed by atoms with E-state index < -0.39 is 10.0 Å². The molecule has 5 heteroatoms. The summed E-state index contributed by atoms with van der Waals surface area (Å²) in [6.07, 6.45) is 0. The van der Waals surface area contributed by atoms with Crippen molar-refractivity contribution in [3.63, 3.8) is 0 Å². The number of rotatable bonds is 5. The van der Waals surface area contributed by atoms with Gasteiger partial charge in [-0.2, -0.15) is 0 Å². The zero-order valence-corrected chi connectivity index (χ0v) is 11.5. The van der Waals surface area contributed by atoms with Gasteiger partial charge in [-0.1, -0.05) is 27.7 Å². The zero-order valence-electron chi connectivity index (χ0n) is 10.7. The van der Waals surface area contributed by atoms with Gasteiger partial charge < -0.3 is 5.32 Å². The fourth-order valence-electron chi connectivity index (χ4n) is 1.91. The molecule has 1 saturated heterocycles. The maximum atomic E-state index is 12.0. The van der Waals surface area contributed by atoms with Crippen LogP contribution in [0.4, 0.5) is 0 Å². The van der Waals surface area contributed by atoms with Crippen LogP contribution in [-0.2, 0) is 10.0 Å². The van der Waals surface area contributed by atoms with Crippen molar-refractivity contribution < 1.29 is 8.42 Å². The molecule has 2 atom stereocenters. The normalized spacial score (nSPS) is 27.8. The maximum absolute atomic E-state index is 12.0. The summed E-state index contributed by atoms with van der Waals surface area (Å²) >= 11 is 0. The van der Waals surface area contributed by atoms with Crippen LogP contribution in [-0.4, -0.2) is 44.2 Å². The van der Waals surface area contributed by atoms with Crippen molar-refractivity contribution in [3.8, 4) is 0 Å². The van der Waals surface area contributed by atoms with Crippen LogP contribution in [0.3, 0.4) is 0 Å². The molecule has 4 nitrogen and oxygen atoms in total. The largest absolute Gasteiger partial charge is 0.313 e. The Morgan fingerprint density at radius 2 is 1.75 bits per heavy atom. The van der Waals surface area contributed by atoms with Crippen molar-refractivity contribution >= 4 is 10.0 Å². The number of sulfonamides is 1. The molecule has 0 radical (unpaired) electrons. The lowest BCUT2D eigenvalue weighted by atomic mass is 10.0. The minimum atomic E-state index is -3.05. The van der Waals surface area contributed by atoms with Gasteiger partial charge in [-0.05, 0) is 11.8 Å². The van der Waals surface area contributed by atoms with Crippen molar-refractivity contribution in [2.45, 2.75) is 33.7 Å². The summed E-state index contributed by atoms with van der Waals surface area (Å²) in [5, 5.41) is 3.14. The smallest absolute Gasteiger partial charge is 0.215 e. The molecule has 0 aliphatic carbocycles. The van der Waals surface area contributed by atoms with Crippen LogP contribution in [0.2, 0.25) is 0 Å². The van der Waals surface area contributed by atoms with E-state index in [1.807, 2.05) is 13.8 Å². The molecule has 0 aromatic heterocycles. The van der Waals surface area contributed by atoms with Crippen LogP contribution in [0.25, 0.3) is 0 Å². The second-order valence-corrected chi connectivity index (χ2v) is 7.28. The molecule has 0 bridgehead atoms. The third-order valence-corrected chi connectivity index (χ3v) is 5.07. The molecular formula is C11H24N2O2S. The van der Waals surface area contributed by atoms with E-state index >= 15 is 0 Å². The summed E-state index contributed by atoms with van der Waals surface area (Å²) in [7, 11) is -3.05. The Labute approximate surface area is 99.5 Å². The molecule has 2 unspecified atom stereocenters. The Balaban J connectivity index is 2.46. The molecule has 0 saturated carbocycles. The number of hydrogen-bond donors (Lipinski definition) is 1.